The number of hydrogen-bond acceptors (Lipinski definition) is 5. The molecule has 2 fully saturated rings. The summed E-state index contributed by atoms with van der Waals surface area (Å²) in [5, 5.41) is 1.93. The van der Waals surface area contributed by atoms with E-state index >= 15 is 0 Å². The Morgan fingerprint density at radius 2 is 2.00 bits per heavy atom. The van der Waals surface area contributed by atoms with Crippen LogP contribution in [-0.4, -0.2) is 54.3 Å². The number of benzene rings is 1. The molecule has 0 saturated carbocycles. The Balaban J connectivity index is 1.60. The molecular formula is C24H28N2O4S. The molecule has 2 aliphatic heterocycles. The third-order valence-corrected chi connectivity index (χ3v) is 7.22. The number of rotatable bonds is 7. The number of hydrogen-bond donors (Lipinski definition) is 0. The van der Waals surface area contributed by atoms with Crippen molar-refractivity contribution in [3.05, 3.63) is 58.3 Å². The standard InChI is InChI=1S/C24H28N2O4S/c1-30-17-18-7-5-11-25(15-18)21(27)13-24(19-8-3-2-4-9-19)14-22(28)26(23(24)29)16-20-10-6-12-31-20/h2-4,6,8-10,12,18H,5,7,11,13-17H2,1H3. The summed E-state index contributed by atoms with van der Waals surface area (Å²) in [7, 11) is 1.68. The lowest BCUT2D eigenvalue weighted by Gasteiger charge is -2.35. The van der Waals surface area contributed by atoms with E-state index in [4.69, 9.17) is 4.74 Å². The fourth-order valence-electron chi connectivity index (χ4n) is 4.78. The SMILES string of the molecule is COCC1CCCN(C(=O)CC2(c3ccccc3)CC(=O)N(Cc3cccs3)C2=O)C1. The van der Waals surface area contributed by atoms with Gasteiger partial charge in [0.25, 0.3) is 0 Å². The minimum atomic E-state index is -1.14. The zero-order valence-electron chi connectivity index (χ0n) is 17.8. The van der Waals surface area contributed by atoms with Crippen molar-refractivity contribution in [2.24, 2.45) is 5.92 Å². The van der Waals surface area contributed by atoms with E-state index in [1.807, 2.05) is 52.7 Å². The van der Waals surface area contributed by atoms with E-state index in [0.717, 1.165) is 23.3 Å². The van der Waals surface area contributed by atoms with Crippen LogP contribution in [0.25, 0.3) is 0 Å². The van der Waals surface area contributed by atoms with Crippen molar-refractivity contribution in [3.8, 4) is 0 Å². The second-order valence-corrected chi connectivity index (χ2v) is 9.50. The number of imide groups is 1. The topological polar surface area (TPSA) is 66.9 Å². The zero-order chi connectivity index (χ0) is 21.8. The van der Waals surface area contributed by atoms with Gasteiger partial charge in [0.05, 0.1) is 18.6 Å². The Morgan fingerprint density at radius 3 is 2.71 bits per heavy atom. The highest BCUT2D eigenvalue weighted by atomic mass is 32.1. The Bertz CT molecular complexity index is 928. The van der Waals surface area contributed by atoms with Gasteiger partial charge in [0, 0.05) is 37.9 Å². The Labute approximate surface area is 186 Å². The second-order valence-electron chi connectivity index (χ2n) is 8.47. The van der Waals surface area contributed by atoms with Crippen LogP contribution in [0.15, 0.2) is 47.8 Å². The lowest BCUT2D eigenvalue weighted by molar-refractivity contribution is -0.143. The van der Waals surface area contributed by atoms with Crippen LogP contribution in [-0.2, 0) is 31.1 Å². The van der Waals surface area contributed by atoms with Gasteiger partial charge in [0.15, 0.2) is 0 Å². The zero-order valence-corrected chi connectivity index (χ0v) is 18.6. The van der Waals surface area contributed by atoms with Crippen molar-refractivity contribution in [1.82, 2.24) is 9.80 Å². The first kappa shape index (κ1) is 21.7. The van der Waals surface area contributed by atoms with Gasteiger partial charge in [0.1, 0.15) is 0 Å². The van der Waals surface area contributed by atoms with Crippen LogP contribution in [0.3, 0.4) is 0 Å². The van der Waals surface area contributed by atoms with Gasteiger partial charge in [-0.3, -0.25) is 19.3 Å². The molecule has 2 saturated heterocycles. The molecule has 3 heterocycles. The Hall–Kier alpha value is -2.51. The number of methoxy groups -OCH3 is 1. The third-order valence-electron chi connectivity index (χ3n) is 6.36. The summed E-state index contributed by atoms with van der Waals surface area (Å²) >= 11 is 1.52. The normalized spacial score (nSPS) is 24.1. The first-order valence-electron chi connectivity index (χ1n) is 10.7. The molecule has 3 amide bonds. The van der Waals surface area contributed by atoms with E-state index in [-0.39, 0.29) is 37.1 Å². The van der Waals surface area contributed by atoms with Crippen molar-refractivity contribution in [2.75, 3.05) is 26.8 Å². The first-order valence-corrected chi connectivity index (χ1v) is 11.6. The minimum Gasteiger partial charge on any atom is -0.384 e. The van der Waals surface area contributed by atoms with E-state index in [9.17, 15) is 14.4 Å². The summed E-state index contributed by atoms with van der Waals surface area (Å²) in [5.74, 6) is -0.239. The number of piperidine rings is 1. The molecule has 0 N–H and O–H groups in total. The molecule has 7 heteroatoms. The van der Waals surface area contributed by atoms with Crippen LogP contribution in [0.2, 0.25) is 0 Å². The van der Waals surface area contributed by atoms with Crippen LogP contribution >= 0.6 is 11.3 Å². The van der Waals surface area contributed by atoms with Crippen LogP contribution in [0, 0.1) is 5.92 Å². The highest BCUT2D eigenvalue weighted by Gasteiger charge is 2.54. The molecule has 0 spiro atoms. The Morgan fingerprint density at radius 1 is 1.19 bits per heavy atom. The lowest BCUT2D eigenvalue weighted by atomic mass is 9.75. The van der Waals surface area contributed by atoms with E-state index in [2.05, 4.69) is 0 Å². The summed E-state index contributed by atoms with van der Waals surface area (Å²) in [4.78, 5) is 44.1. The number of ether oxygens (including phenoxy) is 1. The van der Waals surface area contributed by atoms with Gasteiger partial charge in [-0.25, -0.2) is 0 Å². The third kappa shape index (κ3) is 4.43. The number of carbonyl (C=O) groups excluding carboxylic acids is 3. The molecule has 2 aromatic rings. The minimum absolute atomic E-state index is 0.0161. The maximum absolute atomic E-state index is 13.7. The molecule has 0 radical (unpaired) electrons. The summed E-state index contributed by atoms with van der Waals surface area (Å²) < 4.78 is 5.28. The molecule has 1 aromatic heterocycles. The molecule has 2 aliphatic rings. The molecule has 2 unspecified atom stereocenters. The highest BCUT2D eigenvalue weighted by molar-refractivity contribution is 7.09. The maximum atomic E-state index is 13.7. The molecule has 1 aromatic carbocycles. The molecule has 31 heavy (non-hydrogen) atoms. The van der Waals surface area contributed by atoms with Gasteiger partial charge in [0.2, 0.25) is 17.7 Å². The van der Waals surface area contributed by atoms with E-state index in [1.165, 1.54) is 16.2 Å². The average molecular weight is 441 g/mol. The average Bonchev–Trinajstić information content (AvgIpc) is 3.38. The second kappa shape index (κ2) is 9.32. The summed E-state index contributed by atoms with van der Waals surface area (Å²) in [6.45, 7) is 2.21. The molecule has 0 bridgehead atoms. The summed E-state index contributed by atoms with van der Waals surface area (Å²) in [6, 6.07) is 13.1. The fraction of sp³-hybridized carbons (Fsp3) is 0.458. The Kier molecular flexibility index (Phi) is 6.53. The van der Waals surface area contributed by atoms with Crippen LogP contribution in [0.5, 0.6) is 0 Å². The molecule has 0 aliphatic carbocycles. The predicted molar refractivity (Wildman–Crippen MR) is 118 cm³/mol. The van der Waals surface area contributed by atoms with E-state index in [1.54, 1.807) is 7.11 Å². The maximum Gasteiger partial charge on any atom is 0.241 e. The molecule has 6 nitrogen and oxygen atoms in total. The number of amides is 3. The van der Waals surface area contributed by atoms with Gasteiger partial charge >= 0.3 is 0 Å². The lowest BCUT2D eigenvalue weighted by Crippen LogP contribution is -2.46. The number of thiophene rings is 1. The van der Waals surface area contributed by atoms with Crippen LogP contribution < -0.4 is 0 Å². The van der Waals surface area contributed by atoms with Gasteiger partial charge < -0.3 is 9.64 Å². The van der Waals surface area contributed by atoms with E-state index in [0.29, 0.717) is 25.6 Å². The van der Waals surface area contributed by atoms with E-state index < -0.39 is 5.41 Å². The van der Waals surface area contributed by atoms with Gasteiger partial charge in [-0.2, -0.15) is 0 Å². The molecule has 164 valence electrons. The van der Waals surface area contributed by atoms with Crippen molar-refractivity contribution >= 4 is 29.1 Å². The predicted octanol–water partition coefficient (Wildman–Crippen LogP) is 3.22. The first-order chi connectivity index (χ1) is 15.0. The number of carbonyl (C=O) groups is 3. The monoisotopic (exact) mass is 440 g/mol. The van der Waals surface area contributed by atoms with Crippen molar-refractivity contribution in [1.29, 1.82) is 0 Å². The summed E-state index contributed by atoms with van der Waals surface area (Å²) in [6.07, 6.45) is 2.01. The van der Waals surface area contributed by atoms with Gasteiger partial charge in [-0.1, -0.05) is 36.4 Å². The molecule has 2 atom stereocenters. The largest absolute Gasteiger partial charge is 0.384 e. The number of likely N-dealkylation sites (tertiary alicyclic amines) is 2. The van der Waals surface area contributed by atoms with Crippen LogP contribution in [0.4, 0.5) is 0 Å². The quantitative estimate of drug-likeness (QED) is 0.620. The smallest absolute Gasteiger partial charge is 0.241 e. The molecule has 4 rings (SSSR count). The summed E-state index contributed by atoms with van der Waals surface area (Å²) in [5.41, 5.74) is -0.401. The van der Waals surface area contributed by atoms with Gasteiger partial charge in [-0.15, -0.1) is 11.3 Å². The molecular weight excluding hydrogens is 412 g/mol. The number of nitrogens with zero attached hydrogens (tertiary/aromatic N) is 2. The fourth-order valence-corrected chi connectivity index (χ4v) is 5.47. The van der Waals surface area contributed by atoms with Gasteiger partial charge in [-0.05, 0) is 35.8 Å². The van der Waals surface area contributed by atoms with Crippen molar-refractivity contribution in [2.45, 2.75) is 37.6 Å². The highest BCUT2D eigenvalue weighted by Crippen LogP contribution is 2.41. The van der Waals surface area contributed by atoms with Crippen molar-refractivity contribution in [3.63, 3.8) is 0 Å². The van der Waals surface area contributed by atoms with Crippen molar-refractivity contribution < 1.29 is 19.1 Å². The van der Waals surface area contributed by atoms with Crippen LogP contribution in [0.1, 0.15) is 36.1 Å².